The third-order valence-electron chi connectivity index (χ3n) is 3.93. The number of carbonyl (C=O) groups excluding carboxylic acids is 1. The first-order valence-corrected chi connectivity index (χ1v) is 6.84. The summed E-state index contributed by atoms with van der Waals surface area (Å²) in [4.78, 5) is 16.5. The van der Waals surface area contributed by atoms with E-state index in [1.165, 1.54) is 44.9 Å². The molecule has 2 aliphatic heterocycles. The van der Waals surface area contributed by atoms with Crippen molar-refractivity contribution in [1.29, 1.82) is 0 Å². The zero-order valence-corrected chi connectivity index (χ0v) is 10.5. The first-order valence-electron chi connectivity index (χ1n) is 6.84. The number of urea groups is 1. The van der Waals surface area contributed by atoms with Gasteiger partial charge in [-0.2, -0.15) is 0 Å². The lowest BCUT2D eigenvalue weighted by Crippen LogP contribution is -2.48. The fourth-order valence-electron chi connectivity index (χ4n) is 2.83. The largest absolute Gasteiger partial charge is 0.325 e. The van der Waals surface area contributed by atoms with Crippen LogP contribution in [0.15, 0.2) is 0 Å². The van der Waals surface area contributed by atoms with E-state index in [0.717, 1.165) is 19.6 Å². The van der Waals surface area contributed by atoms with Crippen molar-refractivity contribution in [3.63, 3.8) is 0 Å². The number of hydrogen-bond acceptors (Lipinski definition) is 1. The summed E-state index contributed by atoms with van der Waals surface area (Å²) in [7, 11) is 0. The van der Waals surface area contributed by atoms with Gasteiger partial charge in [-0.05, 0) is 39.0 Å². The summed E-state index contributed by atoms with van der Waals surface area (Å²) >= 11 is 0. The predicted molar refractivity (Wildman–Crippen MR) is 65.5 cm³/mol. The molecular weight excluding hydrogens is 200 g/mol. The molecule has 0 spiro atoms. The number of carbonyl (C=O) groups is 1. The van der Waals surface area contributed by atoms with Gasteiger partial charge in [0.15, 0.2) is 0 Å². The second kappa shape index (κ2) is 5.55. The summed E-state index contributed by atoms with van der Waals surface area (Å²) in [5.74, 6) is 0. The minimum absolute atomic E-state index is 0.300. The van der Waals surface area contributed by atoms with Gasteiger partial charge in [0, 0.05) is 25.7 Å². The highest BCUT2D eigenvalue weighted by molar-refractivity contribution is 5.74. The van der Waals surface area contributed by atoms with Crippen molar-refractivity contribution in [2.45, 2.75) is 57.9 Å². The van der Waals surface area contributed by atoms with Crippen LogP contribution in [-0.2, 0) is 0 Å². The molecule has 3 heteroatoms. The molecular formula is C13H24N2O. The van der Waals surface area contributed by atoms with Gasteiger partial charge in [0.05, 0.1) is 0 Å². The Labute approximate surface area is 98.8 Å². The molecule has 92 valence electrons. The van der Waals surface area contributed by atoms with Crippen molar-refractivity contribution in [3.8, 4) is 0 Å². The van der Waals surface area contributed by atoms with Crippen LogP contribution in [0, 0.1) is 0 Å². The van der Waals surface area contributed by atoms with Gasteiger partial charge in [0.25, 0.3) is 0 Å². The summed E-state index contributed by atoms with van der Waals surface area (Å²) in [6.45, 7) is 5.12. The Balaban J connectivity index is 1.95. The SMILES string of the molecule is CC1CCCCCN1C(=O)N1CCCCC1. The Morgan fingerprint density at radius 1 is 0.938 bits per heavy atom. The Morgan fingerprint density at radius 3 is 2.31 bits per heavy atom. The van der Waals surface area contributed by atoms with Crippen LogP contribution in [-0.4, -0.2) is 41.5 Å². The van der Waals surface area contributed by atoms with E-state index in [2.05, 4.69) is 16.7 Å². The van der Waals surface area contributed by atoms with Gasteiger partial charge in [0.1, 0.15) is 0 Å². The Hall–Kier alpha value is -0.730. The summed E-state index contributed by atoms with van der Waals surface area (Å²) in [6, 6.07) is 0.742. The number of piperidine rings is 1. The minimum atomic E-state index is 0.300. The molecule has 1 atom stereocenters. The molecule has 0 aromatic heterocycles. The van der Waals surface area contributed by atoms with E-state index in [1.807, 2.05) is 0 Å². The topological polar surface area (TPSA) is 23.6 Å². The summed E-state index contributed by atoms with van der Waals surface area (Å²) in [5, 5.41) is 0. The highest BCUT2D eigenvalue weighted by Crippen LogP contribution is 2.19. The smallest absolute Gasteiger partial charge is 0.320 e. The molecule has 0 radical (unpaired) electrons. The predicted octanol–water partition coefficient (Wildman–Crippen LogP) is 2.86. The van der Waals surface area contributed by atoms with E-state index in [0.29, 0.717) is 12.1 Å². The van der Waals surface area contributed by atoms with Crippen molar-refractivity contribution in [2.24, 2.45) is 0 Å². The number of amides is 2. The second-order valence-corrected chi connectivity index (χ2v) is 5.22. The average molecular weight is 224 g/mol. The second-order valence-electron chi connectivity index (χ2n) is 5.22. The molecule has 3 nitrogen and oxygen atoms in total. The summed E-state index contributed by atoms with van der Waals surface area (Å²) < 4.78 is 0. The van der Waals surface area contributed by atoms with Gasteiger partial charge in [-0.1, -0.05) is 12.8 Å². The summed E-state index contributed by atoms with van der Waals surface area (Å²) in [6.07, 6.45) is 8.60. The summed E-state index contributed by atoms with van der Waals surface area (Å²) in [5.41, 5.74) is 0. The van der Waals surface area contributed by atoms with Gasteiger partial charge >= 0.3 is 6.03 Å². The van der Waals surface area contributed by atoms with Gasteiger partial charge in [-0.3, -0.25) is 0 Å². The zero-order valence-electron chi connectivity index (χ0n) is 10.5. The number of nitrogens with zero attached hydrogens (tertiary/aromatic N) is 2. The molecule has 0 saturated carbocycles. The molecule has 2 heterocycles. The van der Waals surface area contributed by atoms with Crippen molar-refractivity contribution in [2.75, 3.05) is 19.6 Å². The molecule has 0 aromatic rings. The van der Waals surface area contributed by atoms with Crippen molar-refractivity contribution < 1.29 is 4.79 Å². The molecule has 2 aliphatic rings. The maximum Gasteiger partial charge on any atom is 0.320 e. The first kappa shape index (κ1) is 11.7. The molecule has 2 saturated heterocycles. The molecule has 1 unspecified atom stereocenters. The Morgan fingerprint density at radius 2 is 1.56 bits per heavy atom. The first-order chi connectivity index (χ1) is 7.79. The minimum Gasteiger partial charge on any atom is -0.325 e. The van der Waals surface area contributed by atoms with Crippen LogP contribution in [0.2, 0.25) is 0 Å². The van der Waals surface area contributed by atoms with E-state index >= 15 is 0 Å². The van der Waals surface area contributed by atoms with Crippen molar-refractivity contribution >= 4 is 6.03 Å². The monoisotopic (exact) mass is 224 g/mol. The zero-order chi connectivity index (χ0) is 11.4. The van der Waals surface area contributed by atoms with Crippen LogP contribution < -0.4 is 0 Å². The molecule has 2 rings (SSSR count). The molecule has 0 bridgehead atoms. The number of rotatable bonds is 0. The van der Waals surface area contributed by atoms with E-state index in [9.17, 15) is 4.79 Å². The highest BCUT2D eigenvalue weighted by Gasteiger charge is 2.26. The van der Waals surface area contributed by atoms with E-state index in [1.54, 1.807) is 0 Å². The lowest BCUT2D eigenvalue weighted by Gasteiger charge is -2.35. The molecule has 0 aliphatic carbocycles. The Bertz CT molecular complexity index is 236. The van der Waals surface area contributed by atoms with Gasteiger partial charge in [-0.25, -0.2) is 4.79 Å². The van der Waals surface area contributed by atoms with Gasteiger partial charge in [-0.15, -0.1) is 0 Å². The van der Waals surface area contributed by atoms with Gasteiger partial charge in [0.2, 0.25) is 0 Å². The van der Waals surface area contributed by atoms with Crippen LogP contribution in [0.3, 0.4) is 0 Å². The maximum atomic E-state index is 12.4. The molecule has 16 heavy (non-hydrogen) atoms. The lowest BCUT2D eigenvalue weighted by molar-refractivity contribution is 0.129. The number of likely N-dealkylation sites (tertiary alicyclic amines) is 2. The lowest BCUT2D eigenvalue weighted by atomic mass is 10.1. The average Bonchev–Trinajstić information content (AvgIpc) is 2.54. The van der Waals surface area contributed by atoms with Crippen molar-refractivity contribution in [1.82, 2.24) is 9.80 Å². The van der Waals surface area contributed by atoms with Crippen LogP contribution >= 0.6 is 0 Å². The molecule has 0 aromatic carbocycles. The quantitative estimate of drug-likeness (QED) is 0.620. The number of hydrogen-bond donors (Lipinski definition) is 0. The van der Waals surface area contributed by atoms with E-state index in [-0.39, 0.29) is 0 Å². The third-order valence-corrected chi connectivity index (χ3v) is 3.93. The van der Waals surface area contributed by atoms with Crippen LogP contribution in [0.4, 0.5) is 4.79 Å². The van der Waals surface area contributed by atoms with Gasteiger partial charge < -0.3 is 9.80 Å². The highest BCUT2D eigenvalue weighted by atomic mass is 16.2. The third kappa shape index (κ3) is 2.69. The molecule has 0 N–H and O–H groups in total. The standard InChI is InChI=1S/C13H24N2O/c1-12-8-4-2-7-11-15(12)13(16)14-9-5-3-6-10-14/h12H,2-11H2,1H3. The normalized spacial score (nSPS) is 27.7. The van der Waals surface area contributed by atoms with Crippen LogP contribution in [0.25, 0.3) is 0 Å². The fraction of sp³-hybridized carbons (Fsp3) is 0.923. The van der Waals surface area contributed by atoms with Crippen LogP contribution in [0.5, 0.6) is 0 Å². The fourth-order valence-corrected chi connectivity index (χ4v) is 2.83. The Kier molecular flexibility index (Phi) is 4.08. The molecule has 2 fully saturated rings. The van der Waals surface area contributed by atoms with E-state index in [4.69, 9.17) is 0 Å². The van der Waals surface area contributed by atoms with E-state index < -0.39 is 0 Å². The maximum absolute atomic E-state index is 12.4. The molecule has 2 amide bonds. The van der Waals surface area contributed by atoms with Crippen molar-refractivity contribution in [3.05, 3.63) is 0 Å². The van der Waals surface area contributed by atoms with Crippen LogP contribution in [0.1, 0.15) is 51.9 Å².